The van der Waals surface area contributed by atoms with Gasteiger partial charge < -0.3 is 24.1 Å². The maximum absolute atomic E-state index is 12.1. The lowest BCUT2D eigenvalue weighted by molar-refractivity contribution is -0.150. The van der Waals surface area contributed by atoms with E-state index in [1.54, 1.807) is 0 Å². The Morgan fingerprint density at radius 2 is 0.917 bits per heavy atom. The topological polar surface area (TPSA) is 115 Å². The molecule has 1 N–H and O–H groups in total. The Morgan fingerprint density at radius 1 is 0.500 bits per heavy atom. The van der Waals surface area contributed by atoms with Gasteiger partial charge in [-0.15, -0.1) is 0 Å². The Balaban J connectivity index is 0.000000135. The summed E-state index contributed by atoms with van der Waals surface area (Å²) in [6.07, 6.45) is 26.9. The van der Waals surface area contributed by atoms with Gasteiger partial charge in [0.15, 0.2) is 0 Å². The van der Waals surface area contributed by atoms with Gasteiger partial charge in [-0.25, -0.2) is 0 Å². The van der Waals surface area contributed by atoms with Crippen LogP contribution in [0.5, 0.6) is 17.2 Å². The van der Waals surface area contributed by atoms with Crippen molar-refractivity contribution in [2.75, 3.05) is 7.11 Å². The van der Waals surface area contributed by atoms with Crippen molar-refractivity contribution in [2.24, 2.45) is 29.6 Å². The first-order valence-electron chi connectivity index (χ1n) is 32.4. The molecule has 7 fully saturated rings. The predicted molar refractivity (Wildman–Crippen MR) is 337 cm³/mol. The number of benzene rings is 6. The van der Waals surface area contributed by atoms with Crippen LogP contribution in [-0.4, -0.2) is 82.7 Å². The molecule has 4 atom stereocenters. The molecule has 11 heteroatoms. The predicted octanol–water partition coefficient (Wildman–Crippen LogP) is 17.4. The summed E-state index contributed by atoms with van der Waals surface area (Å²) in [6.45, 7) is 8.83. The number of carboxylic acids is 1. The number of hydrogen-bond acceptors (Lipinski definition) is 9. The van der Waals surface area contributed by atoms with E-state index in [0.717, 1.165) is 140 Å². The Morgan fingerprint density at radius 3 is 1.40 bits per heavy atom. The molecule has 4 heterocycles. The number of aliphatic carboxylic acids is 1. The van der Waals surface area contributed by atoms with Crippen LogP contribution < -0.4 is 14.2 Å². The number of aldehydes is 1. The maximum Gasteiger partial charge on any atom is 0.308 e. The molecule has 4 saturated heterocycles. The van der Waals surface area contributed by atoms with Crippen LogP contribution in [0.4, 0.5) is 0 Å². The fraction of sp³-hybridized carbons (Fsp3) is 0.548. The third-order valence-electron chi connectivity index (χ3n) is 20.5. The SMILES string of the molecule is CC1CCC(Oc2ccc3cc(C=O)ccc3c2)CC1.CC1CCC(Oc2ccc3cc(CN4C5CCCC4CC(C(=O)O)C5)ccc3c2Cl)CC1.COC(=O)C1CC2CCCC(C1)N2Cc1ccc2cc(OC3CCC(C)CC3)ccc2c1. The summed E-state index contributed by atoms with van der Waals surface area (Å²) in [5.74, 6) is 4.49. The molecule has 0 radical (unpaired) electrons. The largest absolute Gasteiger partial charge is 0.490 e. The molecule has 84 heavy (non-hydrogen) atoms. The minimum atomic E-state index is -0.623. The van der Waals surface area contributed by atoms with Gasteiger partial charge in [0.1, 0.15) is 23.5 Å². The summed E-state index contributed by atoms with van der Waals surface area (Å²) in [6, 6.07) is 37.7. The summed E-state index contributed by atoms with van der Waals surface area (Å²) >= 11 is 6.77. The quantitative estimate of drug-likeness (QED) is 0.0885. The van der Waals surface area contributed by atoms with Crippen LogP contribution in [0.2, 0.25) is 5.02 Å². The van der Waals surface area contributed by atoms with Crippen LogP contribution in [0.25, 0.3) is 32.3 Å². The number of carbonyl (C=O) groups excluding carboxylic acids is 2. The van der Waals surface area contributed by atoms with E-state index >= 15 is 0 Å². The van der Waals surface area contributed by atoms with Gasteiger partial charge in [0.25, 0.3) is 0 Å². The second kappa shape index (κ2) is 27.8. The molecule has 7 aliphatic rings. The van der Waals surface area contributed by atoms with Crippen molar-refractivity contribution in [3.05, 3.63) is 125 Å². The molecule has 6 aromatic carbocycles. The van der Waals surface area contributed by atoms with Crippen LogP contribution in [0.15, 0.2) is 103 Å². The number of ether oxygens (including phenoxy) is 4. The number of methoxy groups -OCH3 is 1. The number of nitrogens with zero attached hydrogens (tertiary/aromatic N) is 2. The smallest absolute Gasteiger partial charge is 0.308 e. The van der Waals surface area contributed by atoms with E-state index in [1.807, 2.05) is 36.4 Å². The van der Waals surface area contributed by atoms with Gasteiger partial charge in [-0.3, -0.25) is 24.2 Å². The Bertz CT molecular complexity index is 3180. The molecular formula is C73H91ClN2O8. The van der Waals surface area contributed by atoms with Crippen molar-refractivity contribution < 1.29 is 38.4 Å². The van der Waals surface area contributed by atoms with Crippen LogP contribution in [0.3, 0.4) is 0 Å². The first-order valence-corrected chi connectivity index (χ1v) is 32.7. The second-order valence-electron chi connectivity index (χ2n) is 26.7. The van der Waals surface area contributed by atoms with Gasteiger partial charge in [-0.2, -0.15) is 0 Å². The highest BCUT2D eigenvalue weighted by Crippen LogP contribution is 2.42. The zero-order chi connectivity index (χ0) is 58.3. The molecule has 0 spiro atoms. The van der Waals surface area contributed by atoms with E-state index in [-0.39, 0.29) is 23.9 Å². The van der Waals surface area contributed by atoms with E-state index in [4.69, 9.17) is 30.5 Å². The third-order valence-corrected chi connectivity index (χ3v) is 20.9. The van der Waals surface area contributed by atoms with E-state index in [2.05, 4.69) is 97.3 Å². The molecule has 6 aromatic rings. The van der Waals surface area contributed by atoms with E-state index in [1.165, 1.54) is 106 Å². The zero-order valence-electron chi connectivity index (χ0n) is 50.4. The molecule has 448 valence electrons. The first-order chi connectivity index (χ1) is 40.8. The number of fused-ring (bicyclic) bond motifs is 7. The molecule has 4 aliphatic heterocycles. The number of carboxylic acid groups (broad SMARTS) is 1. The number of rotatable bonds is 13. The lowest BCUT2D eigenvalue weighted by atomic mass is 9.78. The van der Waals surface area contributed by atoms with Gasteiger partial charge in [-0.05, 0) is 233 Å². The summed E-state index contributed by atoms with van der Waals surface area (Å²) in [4.78, 5) is 39.7. The highest BCUT2D eigenvalue weighted by Gasteiger charge is 2.42. The molecule has 0 amide bonds. The molecule has 3 aliphatic carbocycles. The number of carbonyl (C=O) groups is 3. The molecule has 10 nitrogen and oxygen atoms in total. The highest BCUT2D eigenvalue weighted by molar-refractivity contribution is 6.37. The normalized spacial score (nSPS) is 28.9. The van der Waals surface area contributed by atoms with Gasteiger partial charge in [0, 0.05) is 48.2 Å². The fourth-order valence-electron chi connectivity index (χ4n) is 15.4. The highest BCUT2D eigenvalue weighted by atomic mass is 35.5. The minimum Gasteiger partial charge on any atom is -0.490 e. The van der Waals surface area contributed by atoms with Crippen LogP contribution in [0.1, 0.15) is 184 Å². The van der Waals surface area contributed by atoms with Crippen molar-refractivity contribution in [1.29, 1.82) is 0 Å². The minimum absolute atomic E-state index is 0.0204. The average molecular weight is 1160 g/mol. The summed E-state index contributed by atoms with van der Waals surface area (Å²) < 4.78 is 23.7. The number of hydrogen-bond donors (Lipinski definition) is 1. The van der Waals surface area contributed by atoms with Gasteiger partial charge in [-0.1, -0.05) is 99.8 Å². The second-order valence-corrected chi connectivity index (χ2v) is 27.1. The van der Waals surface area contributed by atoms with Gasteiger partial charge in [0.05, 0.1) is 42.3 Å². The van der Waals surface area contributed by atoms with E-state index in [9.17, 15) is 19.5 Å². The van der Waals surface area contributed by atoms with Crippen molar-refractivity contribution >= 4 is 62.1 Å². The molecular weight excluding hydrogens is 1070 g/mol. The van der Waals surface area contributed by atoms with Crippen molar-refractivity contribution in [1.82, 2.24) is 9.80 Å². The molecule has 3 saturated carbocycles. The molecule has 4 unspecified atom stereocenters. The number of halogens is 1. The van der Waals surface area contributed by atoms with Gasteiger partial charge in [0.2, 0.25) is 0 Å². The Hall–Kier alpha value is -5.68. The third kappa shape index (κ3) is 14.9. The average Bonchev–Trinajstić information content (AvgIpc) is 3.67. The summed E-state index contributed by atoms with van der Waals surface area (Å²) in [7, 11) is 1.52. The van der Waals surface area contributed by atoms with Crippen LogP contribution in [0, 0.1) is 29.6 Å². The first kappa shape index (κ1) is 60.0. The standard InChI is InChI=1S/C28H37NO3.C27H34ClNO3.C18H20O2/c1-19-6-11-26(12-7-19)32-27-13-10-21-14-20(8-9-22(21)17-27)18-29-24-4-3-5-25(29)16-23(15-24)28(30)31-2;1-17-5-9-23(10-6-17)32-25-12-8-19-13-18(7-11-24(19)26(25)28)16-29-21-3-2-4-22(29)15-20(14-21)27(30)31;1-13-2-7-17(8-3-13)20-18-9-6-15-10-14(12-19)4-5-16(15)11-18/h8-10,13-14,17,19,23-26H,3-7,11-12,15-16,18H2,1-2H3;7-8,11-13,17,20-23H,2-6,9-10,14-16H2,1H3,(H,30,31);4-6,9-13,17H,2-3,7-8H2,1H3. The van der Waals surface area contributed by atoms with E-state index in [0.29, 0.717) is 47.0 Å². The molecule has 0 aromatic heterocycles. The monoisotopic (exact) mass is 1160 g/mol. The Labute approximate surface area is 504 Å². The molecule has 4 bridgehead atoms. The lowest BCUT2D eigenvalue weighted by Crippen LogP contribution is -2.52. The zero-order valence-corrected chi connectivity index (χ0v) is 51.1. The van der Waals surface area contributed by atoms with Crippen molar-refractivity contribution in [3.63, 3.8) is 0 Å². The van der Waals surface area contributed by atoms with E-state index < -0.39 is 5.97 Å². The lowest BCUT2D eigenvalue weighted by Gasteiger charge is -2.48. The van der Waals surface area contributed by atoms with Crippen molar-refractivity contribution in [2.45, 2.75) is 218 Å². The maximum atomic E-state index is 12.1. The van der Waals surface area contributed by atoms with Crippen molar-refractivity contribution in [3.8, 4) is 17.2 Å². The summed E-state index contributed by atoms with van der Waals surface area (Å²) in [5.41, 5.74) is 3.35. The fourth-order valence-corrected chi connectivity index (χ4v) is 15.7. The molecule has 13 rings (SSSR count). The number of piperidine rings is 4. The number of esters is 1. The van der Waals surface area contributed by atoms with Crippen LogP contribution >= 0.6 is 11.6 Å². The van der Waals surface area contributed by atoms with Gasteiger partial charge >= 0.3 is 11.9 Å². The Kier molecular flexibility index (Phi) is 19.9. The summed E-state index contributed by atoms with van der Waals surface area (Å²) in [5, 5.41) is 17.1. The van der Waals surface area contributed by atoms with Crippen LogP contribution in [-0.2, 0) is 27.4 Å².